The summed E-state index contributed by atoms with van der Waals surface area (Å²) < 4.78 is 4.60. The zero-order valence-corrected chi connectivity index (χ0v) is 8.69. The van der Waals surface area contributed by atoms with Crippen LogP contribution in [0.1, 0.15) is 22.8 Å². The molecule has 0 saturated carbocycles. The predicted octanol–water partition coefficient (Wildman–Crippen LogP) is 1.30. The second-order valence-electron chi connectivity index (χ2n) is 2.82. The highest BCUT2D eigenvalue weighted by molar-refractivity contribution is 5.93. The van der Waals surface area contributed by atoms with Crippen LogP contribution >= 0.6 is 0 Å². The Kier molecular flexibility index (Phi) is 4.10. The molecule has 4 nitrogen and oxygen atoms in total. The van der Waals surface area contributed by atoms with Gasteiger partial charge in [-0.25, -0.2) is 9.59 Å². The van der Waals surface area contributed by atoms with Gasteiger partial charge in [0.15, 0.2) is 0 Å². The van der Waals surface area contributed by atoms with Crippen LogP contribution in [-0.2, 0) is 9.53 Å². The molecule has 1 aromatic rings. The summed E-state index contributed by atoms with van der Waals surface area (Å²) in [6.07, 6.45) is 0. The van der Waals surface area contributed by atoms with E-state index in [0.717, 1.165) is 0 Å². The molecule has 0 aliphatic carbocycles. The van der Waals surface area contributed by atoms with Gasteiger partial charge in [-0.2, -0.15) is 0 Å². The first-order valence-electron chi connectivity index (χ1n) is 4.66. The van der Waals surface area contributed by atoms with Crippen LogP contribution in [0.25, 0.3) is 0 Å². The highest BCUT2D eigenvalue weighted by Gasteiger charge is 2.06. The summed E-state index contributed by atoms with van der Waals surface area (Å²) in [6, 6.07) is 6.22. The first-order valence-corrected chi connectivity index (χ1v) is 4.66. The van der Waals surface area contributed by atoms with Crippen molar-refractivity contribution >= 4 is 11.9 Å². The van der Waals surface area contributed by atoms with Crippen LogP contribution in [0.2, 0.25) is 0 Å². The molecule has 0 atom stereocenters. The number of esters is 1. The molecule has 4 heteroatoms. The average molecular weight is 218 g/mol. The maximum atomic E-state index is 11.0. The third kappa shape index (κ3) is 3.14. The van der Waals surface area contributed by atoms with Gasteiger partial charge >= 0.3 is 11.9 Å². The minimum atomic E-state index is -1.08. The van der Waals surface area contributed by atoms with Crippen molar-refractivity contribution in [3.05, 3.63) is 35.4 Å². The molecule has 82 valence electrons. The molecule has 0 saturated heterocycles. The van der Waals surface area contributed by atoms with Crippen LogP contribution in [0.3, 0.4) is 0 Å². The van der Waals surface area contributed by atoms with Gasteiger partial charge in [-0.05, 0) is 19.1 Å². The van der Waals surface area contributed by atoms with Gasteiger partial charge < -0.3 is 9.84 Å². The van der Waals surface area contributed by atoms with Crippen LogP contribution in [0.15, 0.2) is 24.3 Å². The van der Waals surface area contributed by atoms with Crippen molar-refractivity contribution < 1.29 is 19.4 Å². The number of carboxylic acids is 1. The van der Waals surface area contributed by atoms with E-state index in [4.69, 9.17) is 5.11 Å². The molecule has 1 aromatic carbocycles. The molecule has 1 rings (SSSR count). The first-order chi connectivity index (χ1) is 7.65. The smallest absolute Gasteiger partial charge is 0.384 e. The lowest BCUT2D eigenvalue weighted by Crippen LogP contribution is -2.02. The van der Waals surface area contributed by atoms with Crippen molar-refractivity contribution in [3.63, 3.8) is 0 Å². The SMILES string of the molecule is CCOC(=O)C#Cc1ccccc1C(=O)O. The summed E-state index contributed by atoms with van der Waals surface area (Å²) in [7, 11) is 0. The standard InChI is InChI=1S/C12H10O4/c1-2-16-11(13)8-7-9-5-3-4-6-10(9)12(14)15/h3-6H,2H2,1H3,(H,14,15). The summed E-state index contributed by atoms with van der Waals surface area (Å²) in [4.78, 5) is 21.8. The van der Waals surface area contributed by atoms with E-state index < -0.39 is 11.9 Å². The molecule has 0 aliphatic heterocycles. The first kappa shape index (κ1) is 11.8. The number of carboxylic acid groups (broad SMARTS) is 1. The van der Waals surface area contributed by atoms with Crippen molar-refractivity contribution in [2.24, 2.45) is 0 Å². The molecular formula is C12H10O4. The lowest BCUT2D eigenvalue weighted by molar-refractivity contribution is -0.136. The monoisotopic (exact) mass is 218 g/mol. The molecule has 0 spiro atoms. The summed E-state index contributed by atoms with van der Waals surface area (Å²) in [6.45, 7) is 1.92. The van der Waals surface area contributed by atoms with Crippen molar-refractivity contribution in [3.8, 4) is 11.8 Å². The molecule has 0 heterocycles. The van der Waals surface area contributed by atoms with Gasteiger partial charge in [0, 0.05) is 11.5 Å². The molecule has 0 aromatic heterocycles. The maximum Gasteiger partial charge on any atom is 0.384 e. The van der Waals surface area contributed by atoms with E-state index >= 15 is 0 Å². The van der Waals surface area contributed by atoms with Gasteiger partial charge in [0.25, 0.3) is 0 Å². The largest absolute Gasteiger partial charge is 0.478 e. The number of aromatic carboxylic acids is 1. The zero-order chi connectivity index (χ0) is 12.0. The average Bonchev–Trinajstić information content (AvgIpc) is 2.27. The summed E-state index contributed by atoms with van der Waals surface area (Å²) in [5.41, 5.74) is 0.363. The number of benzene rings is 1. The Bertz CT molecular complexity index is 465. The topological polar surface area (TPSA) is 63.6 Å². The van der Waals surface area contributed by atoms with Crippen LogP contribution in [0, 0.1) is 11.8 Å². The van der Waals surface area contributed by atoms with E-state index in [2.05, 4.69) is 16.6 Å². The number of hydrogen-bond donors (Lipinski definition) is 1. The predicted molar refractivity (Wildman–Crippen MR) is 56.9 cm³/mol. The number of ether oxygens (including phenoxy) is 1. The number of hydrogen-bond acceptors (Lipinski definition) is 3. The Morgan fingerprint density at radius 1 is 1.38 bits per heavy atom. The van der Waals surface area contributed by atoms with Gasteiger partial charge in [0.1, 0.15) is 0 Å². The van der Waals surface area contributed by atoms with Crippen LogP contribution in [-0.4, -0.2) is 23.7 Å². The lowest BCUT2D eigenvalue weighted by Gasteiger charge is -1.97. The van der Waals surface area contributed by atoms with Crippen molar-refractivity contribution in [1.82, 2.24) is 0 Å². The van der Waals surface area contributed by atoms with E-state index in [1.165, 1.54) is 12.1 Å². The van der Waals surface area contributed by atoms with Crippen molar-refractivity contribution in [1.29, 1.82) is 0 Å². The van der Waals surface area contributed by atoms with Crippen LogP contribution < -0.4 is 0 Å². The van der Waals surface area contributed by atoms with Gasteiger partial charge in [-0.1, -0.05) is 18.1 Å². The minimum absolute atomic E-state index is 0.0688. The molecule has 0 fully saturated rings. The van der Waals surface area contributed by atoms with E-state index in [-0.39, 0.29) is 12.2 Å². The number of carbonyl (C=O) groups excluding carboxylic acids is 1. The van der Waals surface area contributed by atoms with Gasteiger partial charge in [0.2, 0.25) is 0 Å². The number of carbonyl (C=O) groups is 2. The molecule has 16 heavy (non-hydrogen) atoms. The fourth-order valence-electron chi connectivity index (χ4n) is 1.06. The highest BCUT2D eigenvalue weighted by Crippen LogP contribution is 2.06. The van der Waals surface area contributed by atoms with Gasteiger partial charge in [-0.15, -0.1) is 0 Å². The van der Waals surface area contributed by atoms with Gasteiger partial charge in [-0.3, -0.25) is 0 Å². The fourth-order valence-corrected chi connectivity index (χ4v) is 1.06. The van der Waals surface area contributed by atoms with Crippen molar-refractivity contribution in [2.75, 3.05) is 6.61 Å². The fraction of sp³-hybridized carbons (Fsp3) is 0.167. The Morgan fingerprint density at radius 2 is 2.06 bits per heavy atom. The van der Waals surface area contributed by atoms with E-state index in [9.17, 15) is 9.59 Å². The van der Waals surface area contributed by atoms with E-state index in [1.807, 2.05) is 0 Å². The minimum Gasteiger partial charge on any atom is -0.478 e. The molecule has 0 unspecified atom stereocenters. The van der Waals surface area contributed by atoms with Crippen molar-refractivity contribution in [2.45, 2.75) is 6.92 Å². The molecule has 0 radical (unpaired) electrons. The molecule has 0 amide bonds. The summed E-state index contributed by atoms with van der Waals surface area (Å²) in [5.74, 6) is 2.96. The normalized spacial score (nSPS) is 8.81. The zero-order valence-electron chi connectivity index (χ0n) is 8.69. The second-order valence-corrected chi connectivity index (χ2v) is 2.82. The highest BCUT2D eigenvalue weighted by atomic mass is 16.5. The summed E-state index contributed by atoms with van der Waals surface area (Å²) in [5, 5.41) is 8.85. The molecule has 0 aliphatic rings. The lowest BCUT2D eigenvalue weighted by atomic mass is 10.1. The third-order valence-electron chi connectivity index (χ3n) is 1.73. The second kappa shape index (κ2) is 5.56. The van der Waals surface area contributed by atoms with Crippen LogP contribution in [0.5, 0.6) is 0 Å². The summed E-state index contributed by atoms with van der Waals surface area (Å²) >= 11 is 0. The Morgan fingerprint density at radius 3 is 2.69 bits per heavy atom. The van der Waals surface area contributed by atoms with Crippen LogP contribution in [0.4, 0.5) is 0 Å². The Labute approximate surface area is 92.9 Å². The molecule has 1 N–H and O–H groups in total. The quantitative estimate of drug-likeness (QED) is 0.600. The number of rotatable bonds is 2. The third-order valence-corrected chi connectivity index (χ3v) is 1.73. The Balaban J connectivity index is 2.96. The van der Waals surface area contributed by atoms with E-state index in [0.29, 0.717) is 5.56 Å². The Hall–Kier alpha value is -2.28. The van der Waals surface area contributed by atoms with E-state index in [1.54, 1.807) is 19.1 Å². The molecule has 0 bridgehead atoms. The maximum absolute atomic E-state index is 11.0. The molecular weight excluding hydrogens is 208 g/mol. The van der Waals surface area contributed by atoms with Gasteiger partial charge in [0.05, 0.1) is 12.2 Å².